The van der Waals surface area contributed by atoms with E-state index < -0.39 is 0 Å². The van der Waals surface area contributed by atoms with Crippen molar-refractivity contribution in [3.63, 3.8) is 0 Å². The summed E-state index contributed by atoms with van der Waals surface area (Å²) >= 11 is 0. The first-order valence-corrected chi connectivity index (χ1v) is 7.27. The molecule has 1 fully saturated rings. The number of hydrogen-bond acceptors (Lipinski definition) is 3. The highest BCUT2D eigenvalue weighted by atomic mass is 16.7. The van der Waals surface area contributed by atoms with Crippen LogP contribution in [0.15, 0.2) is 30.3 Å². The predicted octanol–water partition coefficient (Wildman–Crippen LogP) is 2.76. The second-order valence-corrected chi connectivity index (χ2v) is 5.36. The van der Waals surface area contributed by atoms with E-state index in [-0.39, 0.29) is 12.0 Å². The number of benzene rings is 1. The first-order chi connectivity index (χ1) is 10.2. The van der Waals surface area contributed by atoms with E-state index in [1.54, 1.807) is 12.1 Å². The van der Waals surface area contributed by atoms with Crippen LogP contribution in [0.1, 0.15) is 36.5 Å². The number of nitrogens with one attached hydrogen (secondary N) is 1. The standard InChI is InChI=1S/C17H21NO3/c1-13-7-6-10-15(13)16(11-12-20-2)21-18-17(19)14-8-4-3-5-9-14/h3-5,8-9,13,15-16H,6-7,10H2,1-2H3,(H,18,19). The van der Waals surface area contributed by atoms with Crippen LogP contribution >= 0.6 is 0 Å². The maximum Gasteiger partial charge on any atom is 0.274 e. The molecule has 2 rings (SSSR count). The number of methoxy groups -OCH3 is 1. The fraction of sp³-hybridized carbons (Fsp3) is 0.471. The summed E-state index contributed by atoms with van der Waals surface area (Å²) in [4.78, 5) is 17.6. The summed E-state index contributed by atoms with van der Waals surface area (Å²) in [5.41, 5.74) is 3.07. The third-order valence-corrected chi connectivity index (χ3v) is 3.93. The molecule has 0 heterocycles. The van der Waals surface area contributed by atoms with E-state index in [0.717, 1.165) is 6.42 Å². The van der Waals surface area contributed by atoms with Crippen LogP contribution in [0.2, 0.25) is 0 Å². The SMILES string of the molecule is COC#CC(ONC(=O)c1ccccc1)C1CCCC1C. The quantitative estimate of drug-likeness (QED) is 0.684. The molecule has 0 aromatic heterocycles. The molecule has 0 saturated heterocycles. The summed E-state index contributed by atoms with van der Waals surface area (Å²) < 4.78 is 4.80. The zero-order valence-corrected chi connectivity index (χ0v) is 12.5. The van der Waals surface area contributed by atoms with Crippen molar-refractivity contribution < 1.29 is 14.4 Å². The number of carbonyl (C=O) groups excluding carboxylic acids is 1. The summed E-state index contributed by atoms with van der Waals surface area (Å²) in [6.45, 7) is 2.20. The van der Waals surface area contributed by atoms with Crippen molar-refractivity contribution in [1.29, 1.82) is 0 Å². The Kier molecular flexibility index (Phi) is 5.65. The van der Waals surface area contributed by atoms with E-state index in [4.69, 9.17) is 9.57 Å². The molecule has 3 atom stereocenters. The van der Waals surface area contributed by atoms with Crippen LogP contribution in [0.3, 0.4) is 0 Å². The minimum absolute atomic E-state index is 0.259. The van der Waals surface area contributed by atoms with Gasteiger partial charge in [-0.05, 0) is 30.4 Å². The van der Waals surface area contributed by atoms with Gasteiger partial charge >= 0.3 is 0 Å². The number of hydroxylamine groups is 1. The van der Waals surface area contributed by atoms with Gasteiger partial charge in [0.25, 0.3) is 5.91 Å². The molecule has 0 radical (unpaired) electrons. The smallest absolute Gasteiger partial charge is 0.274 e. The third kappa shape index (κ3) is 4.24. The van der Waals surface area contributed by atoms with Crippen molar-refractivity contribution in [3.05, 3.63) is 35.9 Å². The molecular formula is C17H21NO3. The highest BCUT2D eigenvalue weighted by Gasteiger charge is 2.31. The maximum atomic E-state index is 12.0. The van der Waals surface area contributed by atoms with Crippen molar-refractivity contribution in [2.75, 3.05) is 7.11 Å². The highest BCUT2D eigenvalue weighted by Crippen LogP contribution is 2.34. The lowest BCUT2D eigenvalue weighted by molar-refractivity contribution is -0.0214. The van der Waals surface area contributed by atoms with Crippen molar-refractivity contribution >= 4 is 5.91 Å². The second-order valence-electron chi connectivity index (χ2n) is 5.36. The van der Waals surface area contributed by atoms with Gasteiger partial charge in [0.1, 0.15) is 6.11 Å². The van der Waals surface area contributed by atoms with E-state index in [0.29, 0.717) is 17.4 Å². The summed E-state index contributed by atoms with van der Waals surface area (Å²) in [6.07, 6.45) is 5.65. The van der Waals surface area contributed by atoms with Crippen LogP contribution in [-0.2, 0) is 9.57 Å². The summed E-state index contributed by atoms with van der Waals surface area (Å²) in [7, 11) is 1.52. The summed E-state index contributed by atoms with van der Waals surface area (Å²) in [5.74, 6) is 3.54. The molecule has 1 aromatic carbocycles. The molecule has 1 aromatic rings. The Labute approximate surface area is 125 Å². The largest absolute Gasteiger partial charge is 0.450 e. The Morgan fingerprint density at radius 2 is 2.10 bits per heavy atom. The van der Waals surface area contributed by atoms with Gasteiger partial charge in [0.15, 0.2) is 6.10 Å². The van der Waals surface area contributed by atoms with Gasteiger partial charge in [-0.1, -0.05) is 38.0 Å². The Morgan fingerprint density at radius 3 is 2.71 bits per heavy atom. The monoisotopic (exact) mass is 287 g/mol. The fourth-order valence-corrected chi connectivity index (χ4v) is 2.73. The molecule has 1 saturated carbocycles. The van der Waals surface area contributed by atoms with E-state index in [2.05, 4.69) is 24.4 Å². The molecule has 1 aliphatic rings. The molecule has 21 heavy (non-hydrogen) atoms. The van der Waals surface area contributed by atoms with Gasteiger partial charge < -0.3 is 4.74 Å². The molecule has 0 spiro atoms. The van der Waals surface area contributed by atoms with Crippen molar-refractivity contribution in [2.45, 2.75) is 32.3 Å². The van der Waals surface area contributed by atoms with E-state index in [1.165, 1.54) is 20.0 Å². The molecule has 4 nitrogen and oxygen atoms in total. The molecule has 1 N–H and O–H groups in total. The number of carbonyl (C=O) groups is 1. The average Bonchev–Trinajstić information content (AvgIpc) is 2.94. The van der Waals surface area contributed by atoms with Crippen LogP contribution in [0.25, 0.3) is 0 Å². The minimum atomic E-state index is -0.338. The Hall–Kier alpha value is -1.99. The highest BCUT2D eigenvalue weighted by molar-refractivity contribution is 5.93. The maximum absolute atomic E-state index is 12.0. The number of rotatable bonds is 4. The molecular weight excluding hydrogens is 266 g/mol. The molecule has 3 unspecified atom stereocenters. The number of ether oxygens (including phenoxy) is 1. The van der Waals surface area contributed by atoms with Crippen LogP contribution < -0.4 is 5.48 Å². The molecule has 4 heteroatoms. The zero-order chi connectivity index (χ0) is 15.1. The topological polar surface area (TPSA) is 47.6 Å². The normalized spacial score (nSPS) is 22.0. The van der Waals surface area contributed by atoms with E-state index >= 15 is 0 Å². The van der Waals surface area contributed by atoms with Gasteiger partial charge in [-0.25, -0.2) is 5.48 Å². The van der Waals surface area contributed by atoms with Crippen LogP contribution in [0, 0.1) is 23.9 Å². The van der Waals surface area contributed by atoms with Gasteiger partial charge in [-0.15, -0.1) is 0 Å². The van der Waals surface area contributed by atoms with Gasteiger partial charge in [0.05, 0.1) is 7.11 Å². The average molecular weight is 287 g/mol. The zero-order valence-electron chi connectivity index (χ0n) is 12.5. The number of amides is 1. The van der Waals surface area contributed by atoms with Crippen molar-refractivity contribution in [1.82, 2.24) is 5.48 Å². The molecule has 1 amide bonds. The van der Waals surface area contributed by atoms with Gasteiger partial charge in [0, 0.05) is 11.5 Å². The Balaban J connectivity index is 1.97. The van der Waals surface area contributed by atoms with Gasteiger partial charge in [0.2, 0.25) is 0 Å². The van der Waals surface area contributed by atoms with Gasteiger partial charge in [-0.2, -0.15) is 0 Å². The van der Waals surface area contributed by atoms with Crippen LogP contribution in [0.5, 0.6) is 0 Å². The molecule has 1 aliphatic carbocycles. The number of hydrogen-bond donors (Lipinski definition) is 1. The third-order valence-electron chi connectivity index (χ3n) is 3.93. The minimum Gasteiger partial charge on any atom is -0.450 e. The van der Waals surface area contributed by atoms with E-state index in [1.807, 2.05) is 18.2 Å². The molecule has 112 valence electrons. The predicted molar refractivity (Wildman–Crippen MR) is 80.1 cm³/mol. The lowest BCUT2D eigenvalue weighted by atomic mass is 9.92. The van der Waals surface area contributed by atoms with E-state index in [9.17, 15) is 4.79 Å². The van der Waals surface area contributed by atoms with Crippen molar-refractivity contribution in [2.24, 2.45) is 11.8 Å². The first-order valence-electron chi connectivity index (χ1n) is 7.27. The van der Waals surface area contributed by atoms with Crippen molar-refractivity contribution in [3.8, 4) is 12.0 Å². The first kappa shape index (κ1) is 15.4. The molecule has 0 aliphatic heterocycles. The summed E-state index contributed by atoms with van der Waals surface area (Å²) in [5, 5.41) is 0. The van der Waals surface area contributed by atoms with Crippen LogP contribution in [0.4, 0.5) is 0 Å². The van der Waals surface area contributed by atoms with Gasteiger partial charge in [-0.3, -0.25) is 9.63 Å². The lowest BCUT2D eigenvalue weighted by Crippen LogP contribution is -2.34. The lowest BCUT2D eigenvalue weighted by Gasteiger charge is -2.22. The summed E-state index contributed by atoms with van der Waals surface area (Å²) in [6, 6.07) is 8.98. The Bertz CT molecular complexity index is 518. The molecule has 0 bridgehead atoms. The Morgan fingerprint density at radius 1 is 1.33 bits per heavy atom. The second kappa shape index (κ2) is 7.70. The van der Waals surface area contributed by atoms with Crippen LogP contribution in [-0.4, -0.2) is 19.1 Å². The fourth-order valence-electron chi connectivity index (χ4n) is 2.73.